The topological polar surface area (TPSA) is 50.1 Å². The summed E-state index contributed by atoms with van der Waals surface area (Å²) in [7, 11) is 1.97. The van der Waals surface area contributed by atoms with Crippen molar-refractivity contribution in [3.8, 4) is 0 Å². The van der Waals surface area contributed by atoms with E-state index in [1.54, 1.807) is 0 Å². The Morgan fingerprint density at radius 3 is 2.94 bits per heavy atom. The van der Waals surface area contributed by atoms with Crippen molar-refractivity contribution in [1.82, 2.24) is 15.1 Å². The highest BCUT2D eigenvalue weighted by Crippen LogP contribution is 2.38. The Morgan fingerprint density at radius 1 is 1.67 bits per heavy atom. The van der Waals surface area contributed by atoms with Gasteiger partial charge in [0.1, 0.15) is 0 Å². The summed E-state index contributed by atoms with van der Waals surface area (Å²) < 4.78 is 1.91. The quantitative estimate of drug-likeness (QED) is 0.859. The number of rotatable bonds is 4. The highest BCUT2D eigenvalue weighted by molar-refractivity contribution is 5.20. The van der Waals surface area contributed by atoms with Crippen LogP contribution in [0.4, 0.5) is 0 Å². The van der Waals surface area contributed by atoms with Gasteiger partial charge in [-0.1, -0.05) is 13.3 Å². The number of aromatic nitrogens is 2. The van der Waals surface area contributed by atoms with E-state index in [0.29, 0.717) is 6.04 Å². The zero-order valence-electron chi connectivity index (χ0n) is 11.9. The predicted molar refractivity (Wildman–Crippen MR) is 72.3 cm³/mol. The van der Waals surface area contributed by atoms with Gasteiger partial charge in [-0.05, 0) is 26.7 Å². The zero-order chi connectivity index (χ0) is 13.3. The van der Waals surface area contributed by atoms with Gasteiger partial charge < -0.3 is 10.4 Å². The minimum Gasteiger partial charge on any atom is -0.396 e. The molecule has 1 heterocycles. The van der Waals surface area contributed by atoms with Gasteiger partial charge in [-0.25, -0.2) is 0 Å². The molecule has 0 saturated heterocycles. The van der Waals surface area contributed by atoms with Gasteiger partial charge in [-0.3, -0.25) is 4.68 Å². The van der Waals surface area contributed by atoms with Crippen LogP contribution in [0.25, 0.3) is 0 Å². The molecule has 2 N–H and O–H groups in total. The molecule has 0 amide bonds. The van der Waals surface area contributed by atoms with E-state index in [9.17, 15) is 5.11 Å². The lowest BCUT2D eigenvalue weighted by Gasteiger charge is -2.32. The van der Waals surface area contributed by atoms with Crippen LogP contribution in [0.5, 0.6) is 0 Å². The lowest BCUT2D eigenvalue weighted by atomic mass is 9.85. The second-order valence-corrected chi connectivity index (χ2v) is 5.95. The summed E-state index contributed by atoms with van der Waals surface area (Å²) in [6.45, 7) is 6.73. The Labute approximate surface area is 109 Å². The molecule has 1 fully saturated rings. The van der Waals surface area contributed by atoms with E-state index < -0.39 is 0 Å². The second kappa shape index (κ2) is 5.02. The first-order chi connectivity index (χ1) is 8.48. The lowest BCUT2D eigenvalue weighted by Crippen LogP contribution is -2.43. The molecule has 2 rings (SSSR count). The van der Waals surface area contributed by atoms with Crippen molar-refractivity contribution in [3.05, 3.63) is 17.5 Å². The van der Waals surface area contributed by atoms with Gasteiger partial charge >= 0.3 is 0 Å². The van der Waals surface area contributed by atoms with Crippen LogP contribution in [0.3, 0.4) is 0 Å². The van der Waals surface area contributed by atoms with Crippen molar-refractivity contribution >= 4 is 0 Å². The maximum absolute atomic E-state index is 9.58. The highest BCUT2D eigenvalue weighted by Gasteiger charge is 2.38. The molecule has 0 aromatic carbocycles. The van der Waals surface area contributed by atoms with Crippen molar-refractivity contribution < 1.29 is 5.11 Å². The van der Waals surface area contributed by atoms with Gasteiger partial charge in [-0.2, -0.15) is 5.10 Å². The summed E-state index contributed by atoms with van der Waals surface area (Å²) in [5.41, 5.74) is 2.49. The fourth-order valence-corrected chi connectivity index (χ4v) is 3.04. The average Bonchev–Trinajstić information content (AvgIpc) is 2.86. The van der Waals surface area contributed by atoms with Crippen LogP contribution in [-0.4, -0.2) is 27.5 Å². The summed E-state index contributed by atoms with van der Waals surface area (Å²) in [4.78, 5) is 0. The van der Waals surface area contributed by atoms with Crippen LogP contribution in [0.15, 0.2) is 6.20 Å². The second-order valence-electron chi connectivity index (χ2n) is 5.95. The summed E-state index contributed by atoms with van der Waals surface area (Å²) in [6, 6.07) is 0.685. The third kappa shape index (κ3) is 2.31. The van der Waals surface area contributed by atoms with Crippen LogP contribution in [0.1, 0.15) is 50.4 Å². The molecular weight excluding hydrogens is 226 g/mol. The van der Waals surface area contributed by atoms with E-state index in [0.717, 1.165) is 12.8 Å². The molecular formula is C14H25N3O. The average molecular weight is 251 g/mol. The molecule has 3 unspecified atom stereocenters. The molecule has 4 heteroatoms. The first-order valence-corrected chi connectivity index (χ1v) is 6.83. The lowest BCUT2D eigenvalue weighted by molar-refractivity contribution is 0.114. The third-order valence-corrected chi connectivity index (χ3v) is 4.63. The molecule has 1 aliphatic carbocycles. The van der Waals surface area contributed by atoms with Crippen LogP contribution in [-0.2, 0) is 7.05 Å². The van der Waals surface area contributed by atoms with Crippen LogP contribution in [0.2, 0.25) is 0 Å². The molecule has 1 saturated carbocycles. The minimum atomic E-state index is 0.0321. The predicted octanol–water partition coefficient (Wildman–Crippen LogP) is 1.93. The number of aliphatic hydroxyl groups excluding tert-OH is 1. The molecule has 4 nitrogen and oxygen atoms in total. The number of aliphatic hydroxyl groups is 1. The van der Waals surface area contributed by atoms with Crippen molar-refractivity contribution in [1.29, 1.82) is 0 Å². The Morgan fingerprint density at radius 2 is 2.39 bits per heavy atom. The number of aryl methyl sites for hydroxylation is 1. The molecule has 1 aliphatic rings. The molecule has 3 atom stereocenters. The molecule has 0 spiro atoms. The van der Waals surface area contributed by atoms with Gasteiger partial charge in [0.15, 0.2) is 0 Å². The van der Waals surface area contributed by atoms with E-state index in [2.05, 4.69) is 31.2 Å². The first kappa shape index (κ1) is 13.6. The molecule has 18 heavy (non-hydrogen) atoms. The van der Waals surface area contributed by atoms with E-state index in [1.807, 2.05) is 17.9 Å². The van der Waals surface area contributed by atoms with Crippen molar-refractivity contribution in [2.45, 2.75) is 52.1 Å². The van der Waals surface area contributed by atoms with Crippen LogP contribution in [0, 0.1) is 12.3 Å². The number of nitrogens with one attached hydrogen (secondary N) is 1. The number of hydrogen-bond donors (Lipinski definition) is 2. The molecule has 102 valence electrons. The first-order valence-electron chi connectivity index (χ1n) is 6.83. The zero-order valence-corrected chi connectivity index (χ0v) is 11.9. The third-order valence-electron chi connectivity index (χ3n) is 4.63. The van der Waals surface area contributed by atoms with Crippen LogP contribution < -0.4 is 5.32 Å². The van der Waals surface area contributed by atoms with Gasteiger partial charge in [-0.15, -0.1) is 0 Å². The maximum atomic E-state index is 9.58. The monoisotopic (exact) mass is 251 g/mol. The van der Waals surface area contributed by atoms with E-state index in [-0.39, 0.29) is 18.1 Å². The molecule has 1 aromatic rings. The summed E-state index contributed by atoms with van der Waals surface area (Å²) >= 11 is 0. The number of nitrogens with zero attached hydrogens (tertiary/aromatic N) is 2. The highest BCUT2D eigenvalue weighted by atomic mass is 16.3. The summed E-state index contributed by atoms with van der Waals surface area (Å²) in [5, 5.41) is 17.6. The molecule has 1 aromatic heterocycles. The largest absolute Gasteiger partial charge is 0.396 e. The summed E-state index contributed by atoms with van der Waals surface area (Å²) in [6.07, 6.45) is 5.41. The Hall–Kier alpha value is -0.870. The summed E-state index contributed by atoms with van der Waals surface area (Å²) in [5.74, 6) is 0. The normalized spacial score (nSPS) is 29.7. The van der Waals surface area contributed by atoms with Gasteiger partial charge in [0.25, 0.3) is 0 Å². The van der Waals surface area contributed by atoms with E-state index >= 15 is 0 Å². The van der Waals surface area contributed by atoms with Gasteiger partial charge in [0, 0.05) is 42.4 Å². The van der Waals surface area contributed by atoms with Crippen molar-refractivity contribution in [2.75, 3.05) is 6.61 Å². The fourth-order valence-electron chi connectivity index (χ4n) is 3.04. The van der Waals surface area contributed by atoms with Gasteiger partial charge in [0.05, 0.1) is 6.20 Å². The Bertz CT molecular complexity index is 415. The standard InChI is InChI=1S/C14H25N3O/c1-10(12-8-15-17(4)11(12)2)16-13-6-5-7-14(13,3)9-18/h8,10,13,16,18H,5-7,9H2,1-4H3. The van der Waals surface area contributed by atoms with Crippen molar-refractivity contribution in [3.63, 3.8) is 0 Å². The maximum Gasteiger partial charge on any atom is 0.0540 e. The van der Waals surface area contributed by atoms with Crippen molar-refractivity contribution in [2.24, 2.45) is 12.5 Å². The number of hydrogen-bond acceptors (Lipinski definition) is 3. The molecule has 0 bridgehead atoms. The Balaban J connectivity index is 2.08. The fraction of sp³-hybridized carbons (Fsp3) is 0.786. The molecule has 0 aliphatic heterocycles. The Kier molecular flexibility index (Phi) is 3.78. The van der Waals surface area contributed by atoms with E-state index in [4.69, 9.17) is 0 Å². The molecule has 0 radical (unpaired) electrons. The van der Waals surface area contributed by atoms with Crippen LogP contribution >= 0.6 is 0 Å². The minimum absolute atomic E-state index is 0.0321. The smallest absolute Gasteiger partial charge is 0.0540 e. The SMILES string of the molecule is Cc1c(C(C)NC2CCCC2(C)CO)cnn1C. The van der Waals surface area contributed by atoms with E-state index in [1.165, 1.54) is 17.7 Å². The van der Waals surface area contributed by atoms with Gasteiger partial charge in [0.2, 0.25) is 0 Å².